The number of rotatable bonds is 8. The fourth-order valence-corrected chi connectivity index (χ4v) is 3.28. The molecule has 0 saturated carbocycles. The highest BCUT2D eigenvalue weighted by molar-refractivity contribution is 5.42. The number of hydrazine groups is 1. The third-order valence-corrected chi connectivity index (χ3v) is 4.77. The molecule has 0 aromatic heterocycles. The average molecular weight is 339 g/mol. The van der Waals surface area contributed by atoms with E-state index in [2.05, 4.69) is 48.1 Å². The minimum absolute atomic E-state index is 0.281. The molecule has 4 nitrogen and oxygen atoms in total. The fourth-order valence-electron chi connectivity index (χ4n) is 3.28. The summed E-state index contributed by atoms with van der Waals surface area (Å²) in [5, 5.41) is 0. The van der Waals surface area contributed by atoms with Crippen LogP contribution < -0.4 is 21.3 Å². The van der Waals surface area contributed by atoms with E-state index >= 15 is 0 Å². The Bertz CT molecular complexity index is 656. The Morgan fingerprint density at radius 3 is 2.44 bits per heavy atom. The molecule has 1 fully saturated rings. The molecule has 2 aromatic carbocycles. The minimum Gasteiger partial charge on any atom is -0.494 e. The average Bonchev–Trinajstić information content (AvgIpc) is 3.12. The Labute approximate surface area is 150 Å². The third kappa shape index (κ3) is 4.97. The van der Waals surface area contributed by atoms with Crippen LogP contribution in [-0.4, -0.2) is 6.61 Å². The van der Waals surface area contributed by atoms with E-state index in [1.165, 1.54) is 30.4 Å². The first-order valence-electron chi connectivity index (χ1n) is 9.35. The van der Waals surface area contributed by atoms with Crippen LogP contribution in [0.4, 0.5) is 5.69 Å². The molecule has 1 heterocycles. The second-order valence-corrected chi connectivity index (χ2v) is 6.78. The van der Waals surface area contributed by atoms with Crippen molar-refractivity contribution in [3.63, 3.8) is 0 Å². The largest absolute Gasteiger partial charge is 0.494 e. The number of nitrogens with two attached hydrogens (primary N) is 1. The van der Waals surface area contributed by atoms with Crippen molar-refractivity contribution >= 4 is 5.69 Å². The zero-order valence-electron chi connectivity index (χ0n) is 15.0. The molecule has 1 aliphatic rings. The molecule has 0 aliphatic carbocycles. The number of benzene rings is 2. The predicted molar refractivity (Wildman–Crippen MR) is 103 cm³/mol. The number of hydrogen-bond acceptors (Lipinski definition) is 4. The van der Waals surface area contributed by atoms with Crippen molar-refractivity contribution in [2.75, 3.05) is 12.3 Å². The summed E-state index contributed by atoms with van der Waals surface area (Å²) >= 11 is 0. The predicted octanol–water partition coefficient (Wildman–Crippen LogP) is 4.51. The number of nitrogens with one attached hydrogen (secondary N) is 2. The Morgan fingerprint density at radius 2 is 1.72 bits per heavy atom. The minimum atomic E-state index is 0.281. The molecule has 4 heteroatoms. The highest BCUT2D eigenvalue weighted by Gasteiger charge is 2.26. The van der Waals surface area contributed by atoms with Crippen LogP contribution in [0.2, 0.25) is 0 Å². The van der Waals surface area contributed by atoms with Gasteiger partial charge in [0.15, 0.2) is 0 Å². The molecule has 3 rings (SSSR count). The molecule has 1 aliphatic heterocycles. The van der Waals surface area contributed by atoms with E-state index in [4.69, 9.17) is 10.5 Å². The van der Waals surface area contributed by atoms with Crippen LogP contribution in [0.1, 0.15) is 62.2 Å². The lowest BCUT2D eigenvalue weighted by Gasteiger charge is -2.12. The summed E-state index contributed by atoms with van der Waals surface area (Å²) in [5.41, 5.74) is 16.0. The van der Waals surface area contributed by atoms with Gasteiger partial charge >= 0.3 is 0 Å². The van der Waals surface area contributed by atoms with Crippen molar-refractivity contribution < 1.29 is 4.74 Å². The molecule has 25 heavy (non-hydrogen) atoms. The van der Waals surface area contributed by atoms with Gasteiger partial charge in [-0.2, -0.15) is 0 Å². The number of anilines is 1. The fraction of sp³-hybridized carbons (Fsp3) is 0.429. The van der Waals surface area contributed by atoms with Crippen LogP contribution in [0, 0.1) is 0 Å². The van der Waals surface area contributed by atoms with Gasteiger partial charge in [-0.25, -0.2) is 10.9 Å². The summed E-state index contributed by atoms with van der Waals surface area (Å²) in [6.45, 7) is 3.03. The second kappa shape index (κ2) is 8.88. The van der Waals surface area contributed by atoms with Gasteiger partial charge in [0.05, 0.1) is 6.61 Å². The quantitative estimate of drug-likeness (QED) is 0.489. The van der Waals surface area contributed by atoms with Crippen LogP contribution in [0.3, 0.4) is 0 Å². The van der Waals surface area contributed by atoms with E-state index in [1.807, 2.05) is 18.2 Å². The molecule has 0 bridgehead atoms. The number of ether oxygens (including phenoxy) is 1. The van der Waals surface area contributed by atoms with Crippen LogP contribution in [-0.2, 0) is 0 Å². The number of nitrogen functional groups attached to an aromatic ring is 1. The summed E-state index contributed by atoms with van der Waals surface area (Å²) < 4.78 is 5.82. The van der Waals surface area contributed by atoms with Gasteiger partial charge in [-0.1, -0.05) is 50.5 Å². The van der Waals surface area contributed by atoms with Gasteiger partial charge in [-0.3, -0.25) is 0 Å². The molecule has 1 saturated heterocycles. The van der Waals surface area contributed by atoms with Crippen molar-refractivity contribution in [1.29, 1.82) is 0 Å². The Hall–Kier alpha value is -2.04. The molecule has 2 unspecified atom stereocenters. The van der Waals surface area contributed by atoms with Gasteiger partial charge in [0.2, 0.25) is 0 Å². The van der Waals surface area contributed by atoms with Gasteiger partial charge in [0.25, 0.3) is 0 Å². The maximum absolute atomic E-state index is 5.89. The van der Waals surface area contributed by atoms with E-state index in [0.717, 1.165) is 30.9 Å². The molecule has 2 aromatic rings. The van der Waals surface area contributed by atoms with Crippen molar-refractivity contribution in [1.82, 2.24) is 10.9 Å². The van der Waals surface area contributed by atoms with Crippen LogP contribution in [0.5, 0.6) is 5.75 Å². The Kier molecular flexibility index (Phi) is 6.31. The van der Waals surface area contributed by atoms with Crippen molar-refractivity contribution in [2.45, 2.75) is 51.1 Å². The molecule has 4 N–H and O–H groups in total. The van der Waals surface area contributed by atoms with Gasteiger partial charge in [-0.15, -0.1) is 0 Å². The first-order valence-corrected chi connectivity index (χ1v) is 9.35. The first-order chi connectivity index (χ1) is 12.3. The maximum atomic E-state index is 5.89. The Morgan fingerprint density at radius 1 is 0.960 bits per heavy atom. The monoisotopic (exact) mass is 339 g/mol. The molecule has 0 spiro atoms. The zero-order valence-corrected chi connectivity index (χ0v) is 15.0. The van der Waals surface area contributed by atoms with Crippen LogP contribution in [0.15, 0.2) is 48.5 Å². The maximum Gasteiger partial charge on any atom is 0.119 e. The summed E-state index contributed by atoms with van der Waals surface area (Å²) in [5.74, 6) is 0.957. The highest BCUT2D eigenvalue weighted by Crippen LogP contribution is 2.32. The van der Waals surface area contributed by atoms with Crippen LogP contribution >= 0.6 is 0 Å². The smallest absolute Gasteiger partial charge is 0.119 e. The van der Waals surface area contributed by atoms with E-state index < -0.39 is 0 Å². The van der Waals surface area contributed by atoms with E-state index in [0.29, 0.717) is 6.04 Å². The van der Waals surface area contributed by atoms with Crippen molar-refractivity contribution in [2.24, 2.45) is 0 Å². The lowest BCUT2D eigenvalue weighted by Crippen LogP contribution is -2.26. The van der Waals surface area contributed by atoms with E-state index in [1.54, 1.807) is 0 Å². The zero-order chi connectivity index (χ0) is 17.5. The molecule has 0 radical (unpaired) electrons. The van der Waals surface area contributed by atoms with Gasteiger partial charge < -0.3 is 10.5 Å². The Balaban J connectivity index is 1.51. The molecular weight excluding hydrogens is 310 g/mol. The van der Waals surface area contributed by atoms with E-state index in [-0.39, 0.29) is 6.04 Å². The molecule has 2 atom stereocenters. The third-order valence-electron chi connectivity index (χ3n) is 4.77. The second-order valence-electron chi connectivity index (χ2n) is 6.78. The first kappa shape index (κ1) is 17.8. The lowest BCUT2D eigenvalue weighted by atomic mass is 9.97. The van der Waals surface area contributed by atoms with Gasteiger partial charge in [0, 0.05) is 17.8 Å². The van der Waals surface area contributed by atoms with Crippen molar-refractivity contribution in [3.05, 3.63) is 59.7 Å². The van der Waals surface area contributed by atoms with Crippen molar-refractivity contribution in [3.8, 4) is 5.75 Å². The summed E-state index contributed by atoms with van der Waals surface area (Å²) in [7, 11) is 0. The molecular formula is C21H29N3O. The lowest BCUT2D eigenvalue weighted by molar-refractivity contribution is 0.305. The van der Waals surface area contributed by atoms with Gasteiger partial charge in [-0.05, 0) is 48.2 Å². The number of hydrogen-bond donors (Lipinski definition) is 3. The summed E-state index contributed by atoms with van der Waals surface area (Å²) in [6, 6.07) is 17.1. The highest BCUT2D eigenvalue weighted by atomic mass is 16.5. The topological polar surface area (TPSA) is 59.3 Å². The normalized spacial score (nSPS) is 19.9. The van der Waals surface area contributed by atoms with Gasteiger partial charge in [0.1, 0.15) is 5.75 Å². The summed E-state index contributed by atoms with van der Waals surface area (Å²) in [4.78, 5) is 0. The van der Waals surface area contributed by atoms with Crippen LogP contribution in [0.25, 0.3) is 0 Å². The number of unbranched alkanes of at least 4 members (excludes halogenated alkanes) is 3. The molecule has 134 valence electrons. The summed E-state index contributed by atoms with van der Waals surface area (Å²) in [6.07, 6.45) is 5.93. The van der Waals surface area contributed by atoms with E-state index in [9.17, 15) is 0 Å². The SMILES string of the molecule is CCCCCCOc1ccc(C2CC(c3cccc(N)c3)NN2)cc1. The standard InChI is InChI=1S/C21H29N3O/c1-2-3-4-5-13-25-19-11-9-16(10-12-19)20-15-21(24-23-20)17-7-6-8-18(22)14-17/h6-12,14,20-21,23-24H,2-5,13,15,22H2,1H3. The molecule has 0 amide bonds.